The first-order chi connectivity index (χ1) is 21.4. The van der Waals surface area contributed by atoms with E-state index in [1.807, 2.05) is 94.4 Å². The maximum atomic E-state index is 14.6. The summed E-state index contributed by atoms with van der Waals surface area (Å²) in [5, 5.41) is 3.06. The molecule has 0 aliphatic heterocycles. The van der Waals surface area contributed by atoms with Crippen molar-refractivity contribution in [2.75, 3.05) is 10.8 Å². The quantitative estimate of drug-likeness (QED) is 0.178. The number of carbonyl (C=O) groups excluding carboxylic acids is 2. The Hall–Kier alpha value is -3.95. The van der Waals surface area contributed by atoms with Gasteiger partial charge in [-0.3, -0.25) is 13.9 Å². The number of carbonyl (C=O) groups is 2. The second-order valence-corrected chi connectivity index (χ2v) is 14.7. The van der Waals surface area contributed by atoms with Crippen molar-refractivity contribution in [2.24, 2.45) is 0 Å². The first-order valence-corrected chi connectivity index (χ1v) is 17.2. The van der Waals surface area contributed by atoms with Crippen LogP contribution in [0.25, 0.3) is 0 Å². The summed E-state index contributed by atoms with van der Waals surface area (Å²) in [6.07, 6.45) is 0.816. The lowest BCUT2D eigenvalue weighted by molar-refractivity contribution is -0.140. The van der Waals surface area contributed by atoms with Gasteiger partial charge in [-0.05, 0) is 74.2 Å². The number of nitrogens with one attached hydrogen (secondary N) is 1. The van der Waals surface area contributed by atoms with Crippen LogP contribution in [0.5, 0.6) is 0 Å². The van der Waals surface area contributed by atoms with E-state index in [0.717, 1.165) is 21.2 Å². The number of anilines is 1. The van der Waals surface area contributed by atoms with Crippen molar-refractivity contribution in [3.63, 3.8) is 0 Å². The number of para-hydroxylation sites is 1. The maximum Gasteiger partial charge on any atom is 0.264 e. The number of benzene rings is 4. The number of rotatable bonds is 12. The van der Waals surface area contributed by atoms with Gasteiger partial charge in [0.1, 0.15) is 12.6 Å². The molecule has 7 nitrogen and oxygen atoms in total. The molecule has 0 saturated heterocycles. The van der Waals surface area contributed by atoms with E-state index in [9.17, 15) is 18.0 Å². The molecule has 2 amide bonds. The monoisotopic (exact) mass is 689 g/mol. The minimum Gasteiger partial charge on any atom is -0.350 e. The molecular weight excluding hydrogens is 650 g/mol. The first-order valence-electron chi connectivity index (χ1n) is 14.9. The van der Waals surface area contributed by atoms with Crippen LogP contribution >= 0.6 is 15.9 Å². The van der Waals surface area contributed by atoms with Gasteiger partial charge in [0.05, 0.1) is 10.6 Å². The SMILES string of the molecule is CCc1ccccc1N(CC(=O)N(Cc1cccc(Br)c1)C(Cc1ccccc1)C(=O)NC(C)(C)C)S(=O)(=O)c1ccccc1. The third-order valence-electron chi connectivity index (χ3n) is 7.26. The van der Waals surface area contributed by atoms with Gasteiger partial charge < -0.3 is 10.2 Å². The molecule has 0 aliphatic carbocycles. The summed E-state index contributed by atoms with van der Waals surface area (Å²) in [6, 6.07) is 31.5. The molecule has 0 spiro atoms. The van der Waals surface area contributed by atoms with Crippen LogP contribution in [-0.4, -0.2) is 43.3 Å². The second-order valence-electron chi connectivity index (χ2n) is 11.9. The molecule has 0 saturated carbocycles. The molecule has 0 fully saturated rings. The van der Waals surface area contributed by atoms with Crippen molar-refractivity contribution < 1.29 is 18.0 Å². The van der Waals surface area contributed by atoms with Gasteiger partial charge in [-0.15, -0.1) is 0 Å². The molecule has 0 heterocycles. The van der Waals surface area contributed by atoms with Gasteiger partial charge >= 0.3 is 0 Å². The lowest BCUT2D eigenvalue weighted by Gasteiger charge is -2.35. The molecule has 1 atom stereocenters. The Labute approximate surface area is 275 Å². The van der Waals surface area contributed by atoms with Crippen molar-refractivity contribution in [2.45, 2.75) is 63.6 Å². The van der Waals surface area contributed by atoms with E-state index < -0.39 is 34.1 Å². The zero-order chi connectivity index (χ0) is 32.6. The van der Waals surface area contributed by atoms with Crippen LogP contribution < -0.4 is 9.62 Å². The van der Waals surface area contributed by atoms with Crippen molar-refractivity contribution in [1.82, 2.24) is 10.2 Å². The molecular formula is C36H40BrN3O4S. The number of amides is 2. The zero-order valence-electron chi connectivity index (χ0n) is 26.1. The number of hydrogen-bond acceptors (Lipinski definition) is 4. The molecule has 236 valence electrons. The number of halogens is 1. The van der Waals surface area contributed by atoms with Crippen molar-refractivity contribution in [1.29, 1.82) is 0 Å². The largest absolute Gasteiger partial charge is 0.350 e. The third-order valence-corrected chi connectivity index (χ3v) is 9.53. The van der Waals surface area contributed by atoms with E-state index in [0.29, 0.717) is 12.1 Å². The number of hydrogen-bond donors (Lipinski definition) is 1. The summed E-state index contributed by atoms with van der Waals surface area (Å²) < 4.78 is 30.4. The smallest absolute Gasteiger partial charge is 0.264 e. The van der Waals surface area contributed by atoms with Gasteiger partial charge in [-0.1, -0.05) is 102 Å². The van der Waals surface area contributed by atoms with Crippen LogP contribution in [0, 0.1) is 0 Å². The van der Waals surface area contributed by atoms with Gasteiger partial charge in [-0.25, -0.2) is 8.42 Å². The lowest BCUT2D eigenvalue weighted by Crippen LogP contribution is -2.56. The fraction of sp³-hybridized carbons (Fsp3) is 0.278. The minimum absolute atomic E-state index is 0.0774. The Kier molecular flexibility index (Phi) is 11.2. The van der Waals surface area contributed by atoms with E-state index in [4.69, 9.17) is 0 Å². The Morgan fingerprint density at radius 1 is 0.822 bits per heavy atom. The molecule has 0 radical (unpaired) electrons. The van der Waals surface area contributed by atoms with Crippen LogP contribution in [0.15, 0.2) is 119 Å². The fourth-order valence-corrected chi connectivity index (χ4v) is 7.04. The highest BCUT2D eigenvalue weighted by Gasteiger charge is 2.36. The van der Waals surface area contributed by atoms with Gasteiger partial charge in [0.2, 0.25) is 11.8 Å². The number of aryl methyl sites for hydroxylation is 1. The summed E-state index contributed by atoms with van der Waals surface area (Å²) in [4.78, 5) is 30.2. The summed E-state index contributed by atoms with van der Waals surface area (Å²) in [5.41, 5.74) is 2.33. The maximum absolute atomic E-state index is 14.6. The van der Waals surface area contributed by atoms with E-state index in [1.54, 1.807) is 30.3 Å². The van der Waals surface area contributed by atoms with Crippen LogP contribution in [0.2, 0.25) is 0 Å². The van der Waals surface area contributed by atoms with E-state index >= 15 is 0 Å². The molecule has 9 heteroatoms. The van der Waals surface area contributed by atoms with Crippen molar-refractivity contribution >= 4 is 43.5 Å². The third kappa shape index (κ3) is 9.05. The molecule has 4 rings (SSSR count). The average Bonchev–Trinajstić information content (AvgIpc) is 3.01. The standard InChI is InChI=1S/C36H40BrN3O4S/c1-5-29-18-12-13-22-32(29)40(45(43,44)31-20-10-7-11-21-31)26-34(41)39(25-28-17-14-19-30(37)23-28)33(35(42)38-36(2,3)4)24-27-15-8-6-9-16-27/h6-23,33H,5,24-26H2,1-4H3,(H,38,42). The number of nitrogens with zero attached hydrogens (tertiary/aromatic N) is 2. The van der Waals surface area contributed by atoms with Gasteiger partial charge in [0.25, 0.3) is 10.0 Å². The van der Waals surface area contributed by atoms with E-state index in [-0.39, 0.29) is 23.8 Å². The highest BCUT2D eigenvalue weighted by Crippen LogP contribution is 2.28. The van der Waals surface area contributed by atoms with Crippen LogP contribution in [-0.2, 0) is 39.0 Å². The molecule has 0 bridgehead atoms. The number of sulfonamides is 1. The highest BCUT2D eigenvalue weighted by atomic mass is 79.9. The van der Waals surface area contributed by atoms with Crippen molar-refractivity contribution in [3.8, 4) is 0 Å². The molecule has 0 aromatic heterocycles. The highest BCUT2D eigenvalue weighted by molar-refractivity contribution is 9.10. The normalized spacial score (nSPS) is 12.3. The predicted molar refractivity (Wildman–Crippen MR) is 183 cm³/mol. The van der Waals surface area contributed by atoms with Crippen LogP contribution in [0.1, 0.15) is 44.4 Å². The minimum atomic E-state index is -4.15. The van der Waals surface area contributed by atoms with Crippen LogP contribution in [0.3, 0.4) is 0 Å². The molecule has 1 N–H and O–H groups in total. The zero-order valence-corrected chi connectivity index (χ0v) is 28.5. The Bertz CT molecular complexity index is 1710. The van der Waals surface area contributed by atoms with Crippen LogP contribution in [0.4, 0.5) is 5.69 Å². The summed E-state index contributed by atoms with van der Waals surface area (Å²) in [6.45, 7) is 7.22. The molecule has 0 aliphatic rings. The summed E-state index contributed by atoms with van der Waals surface area (Å²) >= 11 is 3.52. The average molecular weight is 691 g/mol. The summed E-state index contributed by atoms with van der Waals surface area (Å²) in [5.74, 6) is -0.813. The fourth-order valence-electron chi connectivity index (χ4n) is 5.12. The molecule has 1 unspecified atom stereocenters. The predicted octanol–water partition coefficient (Wildman–Crippen LogP) is 6.76. The van der Waals surface area contributed by atoms with Gasteiger partial charge in [-0.2, -0.15) is 0 Å². The van der Waals surface area contributed by atoms with Crippen molar-refractivity contribution in [3.05, 3.63) is 130 Å². The van der Waals surface area contributed by atoms with Gasteiger partial charge in [0.15, 0.2) is 0 Å². The molecule has 4 aromatic rings. The Morgan fingerprint density at radius 3 is 2.04 bits per heavy atom. The molecule has 45 heavy (non-hydrogen) atoms. The van der Waals surface area contributed by atoms with E-state index in [1.165, 1.54) is 21.3 Å². The second kappa shape index (κ2) is 14.9. The lowest BCUT2D eigenvalue weighted by atomic mass is 10.0. The molecule has 4 aromatic carbocycles. The summed E-state index contributed by atoms with van der Waals surface area (Å²) in [7, 11) is -4.15. The first kappa shape index (κ1) is 33.9. The Balaban J connectivity index is 1.84. The van der Waals surface area contributed by atoms with E-state index in [2.05, 4.69) is 21.2 Å². The topological polar surface area (TPSA) is 86.8 Å². The van der Waals surface area contributed by atoms with Gasteiger partial charge in [0, 0.05) is 23.0 Å². The Morgan fingerprint density at radius 2 is 1.42 bits per heavy atom.